The maximum Gasteiger partial charge on any atom is 0.135 e. The molecular formula is C17H18N4. The molecule has 3 aromatic rings. The van der Waals surface area contributed by atoms with Gasteiger partial charge in [-0.3, -0.25) is 0 Å². The molecule has 4 nitrogen and oxygen atoms in total. The molecule has 0 aliphatic rings. The van der Waals surface area contributed by atoms with Gasteiger partial charge >= 0.3 is 0 Å². The summed E-state index contributed by atoms with van der Waals surface area (Å²) in [6, 6.07) is 16.5. The van der Waals surface area contributed by atoms with Gasteiger partial charge in [0.2, 0.25) is 0 Å². The summed E-state index contributed by atoms with van der Waals surface area (Å²) in [5, 5.41) is 9.02. The monoisotopic (exact) mass is 278 g/mol. The summed E-state index contributed by atoms with van der Waals surface area (Å²) >= 11 is 0. The number of benzene rings is 2. The molecule has 3 rings (SSSR count). The first-order chi connectivity index (χ1) is 10.3. The number of rotatable bonds is 5. The zero-order chi connectivity index (χ0) is 14.5. The lowest BCUT2D eigenvalue weighted by Crippen LogP contribution is -2.03. The zero-order valence-electron chi connectivity index (χ0n) is 12.0. The van der Waals surface area contributed by atoms with Crippen molar-refractivity contribution in [3.05, 3.63) is 54.9 Å². The molecule has 0 spiro atoms. The molecule has 0 atom stereocenters. The predicted octanol–water partition coefficient (Wildman–Crippen LogP) is 4.20. The Balaban J connectivity index is 1.81. The highest BCUT2D eigenvalue weighted by atomic mass is 15.1. The first kappa shape index (κ1) is 13.4. The molecule has 0 aliphatic heterocycles. The first-order valence-corrected chi connectivity index (χ1v) is 7.17. The van der Waals surface area contributed by atoms with Gasteiger partial charge in [0.15, 0.2) is 0 Å². The average Bonchev–Trinajstić information content (AvgIpc) is 2.53. The van der Waals surface area contributed by atoms with Crippen molar-refractivity contribution in [3.63, 3.8) is 0 Å². The quantitative estimate of drug-likeness (QED) is 0.734. The van der Waals surface area contributed by atoms with Gasteiger partial charge in [-0.1, -0.05) is 37.3 Å². The Hall–Kier alpha value is -2.62. The maximum atomic E-state index is 4.26. The third-order valence-corrected chi connectivity index (χ3v) is 3.25. The summed E-state index contributed by atoms with van der Waals surface area (Å²) in [6.07, 6.45) is 2.64. The fraction of sp³-hybridized carbons (Fsp3) is 0.176. The number of nitrogens with zero attached hydrogens (tertiary/aromatic N) is 2. The predicted molar refractivity (Wildman–Crippen MR) is 88.0 cm³/mol. The average molecular weight is 278 g/mol. The van der Waals surface area contributed by atoms with Crippen LogP contribution in [0.15, 0.2) is 54.9 Å². The van der Waals surface area contributed by atoms with Crippen molar-refractivity contribution in [2.24, 2.45) is 0 Å². The molecule has 0 bridgehead atoms. The van der Waals surface area contributed by atoms with Gasteiger partial charge in [-0.15, -0.1) is 0 Å². The van der Waals surface area contributed by atoms with E-state index in [-0.39, 0.29) is 0 Å². The molecule has 106 valence electrons. The summed E-state index contributed by atoms with van der Waals surface area (Å²) in [6.45, 7) is 3.04. The van der Waals surface area contributed by atoms with Gasteiger partial charge < -0.3 is 10.6 Å². The van der Waals surface area contributed by atoms with E-state index in [1.807, 2.05) is 18.2 Å². The van der Waals surface area contributed by atoms with E-state index >= 15 is 0 Å². The summed E-state index contributed by atoms with van der Waals surface area (Å²) < 4.78 is 0. The molecular weight excluding hydrogens is 260 g/mol. The van der Waals surface area contributed by atoms with Crippen molar-refractivity contribution in [2.45, 2.75) is 13.3 Å². The fourth-order valence-electron chi connectivity index (χ4n) is 2.19. The molecule has 4 heteroatoms. The molecule has 0 aliphatic carbocycles. The van der Waals surface area contributed by atoms with Crippen LogP contribution in [-0.2, 0) is 0 Å². The van der Waals surface area contributed by atoms with Crippen molar-refractivity contribution < 1.29 is 0 Å². The van der Waals surface area contributed by atoms with Crippen molar-refractivity contribution >= 4 is 28.1 Å². The van der Waals surface area contributed by atoms with Gasteiger partial charge in [0.1, 0.15) is 18.0 Å². The van der Waals surface area contributed by atoms with E-state index < -0.39 is 0 Å². The molecule has 0 unspecified atom stereocenters. The molecule has 1 heterocycles. The lowest BCUT2D eigenvalue weighted by molar-refractivity contribution is 0.965. The van der Waals surface area contributed by atoms with Crippen LogP contribution in [0.2, 0.25) is 0 Å². The van der Waals surface area contributed by atoms with Crippen molar-refractivity contribution in [2.75, 3.05) is 17.2 Å². The highest BCUT2D eigenvalue weighted by Gasteiger charge is 2.00. The highest BCUT2D eigenvalue weighted by Crippen LogP contribution is 2.22. The number of aromatic nitrogens is 2. The van der Waals surface area contributed by atoms with Crippen molar-refractivity contribution in [1.29, 1.82) is 0 Å². The van der Waals surface area contributed by atoms with Crippen molar-refractivity contribution in [3.8, 4) is 0 Å². The van der Waals surface area contributed by atoms with Gasteiger partial charge in [0.05, 0.1) is 0 Å². The normalized spacial score (nSPS) is 10.5. The molecule has 2 N–H and O–H groups in total. The van der Waals surface area contributed by atoms with Crippen LogP contribution in [0.5, 0.6) is 0 Å². The molecule has 0 radical (unpaired) electrons. The molecule has 0 saturated carbocycles. The SMILES string of the molecule is CCCNc1cc(Nc2ccc3ccccc3c2)ncn1. The lowest BCUT2D eigenvalue weighted by Gasteiger charge is -2.09. The van der Waals surface area contributed by atoms with Crippen LogP contribution in [-0.4, -0.2) is 16.5 Å². The Morgan fingerprint density at radius 3 is 2.57 bits per heavy atom. The third-order valence-electron chi connectivity index (χ3n) is 3.25. The molecule has 2 aromatic carbocycles. The Bertz CT molecular complexity index is 739. The van der Waals surface area contributed by atoms with Crippen LogP contribution in [0.4, 0.5) is 17.3 Å². The second kappa shape index (κ2) is 6.22. The number of nitrogens with one attached hydrogen (secondary N) is 2. The van der Waals surface area contributed by atoms with Crippen LogP contribution >= 0.6 is 0 Å². The second-order valence-electron chi connectivity index (χ2n) is 4.90. The van der Waals surface area contributed by atoms with E-state index in [4.69, 9.17) is 0 Å². The number of hydrogen-bond donors (Lipinski definition) is 2. The second-order valence-corrected chi connectivity index (χ2v) is 4.90. The molecule has 0 saturated heterocycles. The Morgan fingerprint density at radius 1 is 0.905 bits per heavy atom. The van der Waals surface area contributed by atoms with E-state index in [1.165, 1.54) is 10.8 Å². The summed E-state index contributed by atoms with van der Waals surface area (Å²) in [4.78, 5) is 8.47. The van der Waals surface area contributed by atoms with Gasteiger partial charge in [-0.05, 0) is 29.3 Å². The standard InChI is InChI=1S/C17H18N4/c1-2-9-18-16-11-17(20-12-19-16)21-15-8-7-13-5-3-4-6-14(13)10-15/h3-8,10-12H,2,9H2,1H3,(H2,18,19,20,21). The van der Waals surface area contributed by atoms with Crippen LogP contribution < -0.4 is 10.6 Å². The van der Waals surface area contributed by atoms with E-state index in [2.05, 4.69) is 57.9 Å². The van der Waals surface area contributed by atoms with Gasteiger partial charge in [-0.25, -0.2) is 9.97 Å². The van der Waals surface area contributed by atoms with Gasteiger partial charge in [0, 0.05) is 18.3 Å². The largest absolute Gasteiger partial charge is 0.370 e. The molecule has 21 heavy (non-hydrogen) atoms. The minimum atomic E-state index is 0.791. The zero-order valence-corrected chi connectivity index (χ0v) is 12.0. The van der Waals surface area contributed by atoms with Crippen LogP contribution in [0.3, 0.4) is 0 Å². The van der Waals surface area contributed by atoms with E-state index in [0.717, 1.165) is 30.3 Å². The molecule has 1 aromatic heterocycles. The topological polar surface area (TPSA) is 49.8 Å². The summed E-state index contributed by atoms with van der Waals surface area (Å²) in [5.41, 5.74) is 1.02. The van der Waals surface area contributed by atoms with Gasteiger partial charge in [0.25, 0.3) is 0 Å². The van der Waals surface area contributed by atoms with Crippen LogP contribution in [0.1, 0.15) is 13.3 Å². The number of anilines is 3. The lowest BCUT2D eigenvalue weighted by atomic mass is 10.1. The van der Waals surface area contributed by atoms with E-state index in [1.54, 1.807) is 6.33 Å². The first-order valence-electron chi connectivity index (χ1n) is 7.17. The number of hydrogen-bond acceptors (Lipinski definition) is 4. The minimum absolute atomic E-state index is 0.791. The highest BCUT2D eigenvalue weighted by molar-refractivity contribution is 5.86. The van der Waals surface area contributed by atoms with E-state index in [0.29, 0.717) is 0 Å². The summed E-state index contributed by atoms with van der Waals surface area (Å²) in [7, 11) is 0. The Labute approximate surface area is 124 Å². The summed E-state index contributed by atoms with van der Waals surface area (Å²) in [5.74, 6) is 1.63. The van der Waals surface area contributed by atoms with Crippen LogP contribution in [0, 0.1) is 0 Å². The van der Waals surface area contributed by atoms with Gasteiger partial charge in [-0.2, -0.15) is 0 Å². The molecule has 0 amide bonds. The Kier molecular flexibility index (Phi) is 3.96. The molecule has 0 fully saturated rings. The van der Waals surface area contributed by atoms with Crippen molar-refractivity contribution in [1.82, 2.24) is 9.97 Å². The Morgan fingerprint density at radius 2 is 1.71 bits per heavy atom. The number of fused-ring (bicyclic) bond motifs is 1. The third kappa shape index (κ3) is 3.28. The minimum Gasteiger partial charge on any atom is -0.370 e. The van der Waals surface area contributed by atoms with E-state index in [9.17, 15) is 0 Å². The fourth-order valence-corrected chi connectivity index (χ4v) is 2.19. The smallest absolute Gasteiger partial charge is 0.135 e. The maximum absolute atomic E-state index is 4.26. The van der Waals surface area contributed by atoms with Crippen LogP contribution in [0.25, 0.3) is 10.8 Å².